The fourth-order valence-electron chi connectivity index (χ4n) is 4.66. The van der Waals surface area contributed by atoms with E-state index in [1.54, 1.807) is 0 Å². The van der Waals surface area contributed by atoms with Crippen LogP contribution >= 0.6 is 0 Å². The molecule has 248 valence electrons. The molecule has 17 nitrogen and oxygen atoms in total. The van der Waals surface area contributed by atoms with Crippen molar-refractivity contribution < 1.29 is 80.9 Å². The second kappa shape index (κ2) is 16.3. The molecular weight excluding hydrogens is 596 g/mol. The first-order chi connectivity index (χ1) is 20.5. The van der Waals surface area contributed by atoms with Crippen LogP contribution in [0.25, 0.3) is 0 Å². The van der Waals surface area contributed by atoms with E-state index in [2.05, 4.69) is 0 Å². The normalized spacial score (nSPS) is 31.5. The molecule has 0 saturated carbocycles. The summed E-state index contributed by atoms with van der Waals surface area (Å²) in [5, 5.41) is 0. The molecule has 0 N–H and O–H groups in total. The lowest BCUT2D eigenvalue weighted by Crippen LogP contribution is -2.65. The Kier molecular flexibility index (Phi) is 13.5. The highest BCUT2D eigenvalue weighted by molar-refractivity contribution is 5.69. The van der Waals surface area contributed by atoms with Gasteiger partial charge in [0.15, 0.2) is 18.5 Å². The summed E-state index contributed by atoms with van der Waals surface area (Å²) >= 11 is 0. The minimum Gasteiger partial charge on any atom is -0.463 e. The highest BCUT2D eigenvalue weighted by atomic mass is 16.8. The molecule has 2 aliphatic rings. The highest BCUT2D eigenvalue weighted by Crippen LogP contribution is 2.36. The van der Waals surface area contributed by atoms with Gasteiger partial charge in [0, 0.05) is 54.4 Å². The zero-order valence-electron chi connectivity index (χ0n) is 25.6. The van der Waals surface area contributed by atoms with Gasteiger partial charge in [0.2, 0.25) is 12.4 Å². The van der Waals surface area contributed by atoms with Crippen LogP contribution in [0.15, 0.2) is 0 Å². The van der Waals surface area contributed by atoms with Crippen LogP contribution in [0.2, 0.25) is 0 Å². The molecule has 17 heteroatoms. The second-order valence-electron chi connectivity index (χ2n) is 10.1. The SMILES string of the molecule is CC(=O)OC[C@H]1O[C@H](OC(C)=O)[C@H](OC(C)=O)[C@@H](OC(C)=O)[C@@H]1O[C@@H]1O[C@H](COC(C)=O)[C@@H](OC(C)=O)[C@H](OC(C)=O)[C@H]1C. The first-order valence-electron chi connectivity index (χ1n) is 13.6. The predicted octanol–water partition coefficient (Wildman–Crippen LogP) is -0.126. The molecule has 0 aromatic carbocycles. The molecule has 44 heavy (non-hydrogen) atoms. The van der Waals surface area contributed by atoms with Crippen molar-refractivity contribution in [3.63, 3.8) is 0 Å². The second-order valence-corrected chi connectivity index (χ2v) is 10.1. The summed E-state index contributed by atoms with van der Waals surface area (Å²) in [6.45, 7) is 8.27. The Morgan fingerprint density at radius 3 is 1.30 bits per heavy atom. The molecule has 2 saturated heterocycles. The lowest BCUT2D eigenvalue weighted by atomic mass is 9.91. The third-order valence-corrected chi connectivity index (χ3v) is 6.22. The fourth-order valence-corrected chi connectivity index (χ4v) is 4.66. The first kappa shape index (κ1) is 36.4. The van der Waals surface area contributed by atoms with Crippen LogP contribution in [0.1, 0.15) is 55.4 Å². The smallest absolute Gasteiger partial charge is 0.305 e. The third-order valence-electron chi connectivity index (χ3n) is 6.22. The number of carbonyl (C=O) groups excluding carboxylic acids is 7. The molecule has 0 unspecified atom stereocenters. The maximum atomic E-state index is 12.2. The molecule has 0 amide bonds. The molecule has 0 aliphatic carbocycles. The number of esters is 7. The number of ether oxygens (including phenoxy) is 10. The van der Waals surface area contributed by atoms with Crippen molar-refractivity contribution >= 4 is 41.8 Å². The van der Waals surface area contributed by atoms with E-state index < -0.39 is 116 Å². The summed E-state index contributed by atoms with van der Waals surface area (Å²) in [5.41, 5.74) is 0. The molecule has 0 aromatic rings. The Bertz CT molecular complexity index is 1090. The van der Waals surface area contributed by atoms with E-state index >= 15 is 0 Å². The zero-order chi connectivity index (χ0) is 33.3. The van der Waals surface area contributed by atoms with Gasteiger partial charge in [0.1, 0.15) is 37.6 Å². The Hall–Kier alpha value is -3.83. The Morgan fingerprint density at radius 2 is 0.841 bits per heavy atom. The van der Waals surface area contributed by atoms with Gasteiger partial charge in [-0.1, -0.05) is 6.92 Å². The van der Waals surface area contributed by atoms with Gasteiger partial charge >= 0.3 is 41.8 Å². The number of carbonyl (C=O) groups is 7. The van der Waals surface area contributed by atoms with E-state index in [-0.39, 0.29) is 0 Å². The topological polar surface area (TPSA) is 212 Å². The molecule has 0 spiro atoms. The Balaban J connectivity index is 2.60. The standard InChI is InChI=1S/C27H38O17/c1-11-21(37-14(4)30)22(38-15(5)31)19(9-35-12(2)28)42-26(11)44-23-20(10-36-13(3)29)43-27(41-18(8)34)25(40-17(7)33)24(23)39-16(6)32/h11,19-27H,9-10H2,1-8H3/t11-,19-,20-,21-,22-,23-,24+,25-,26+,27+/m1/s1. The van der Waals surface area contributed by atoms with Gasteiger partial charge in [-0.05, 0) is 0 Å². The van der Waals surface area contributed by atoms with E-state index in [1.165, 1.54) is 6.92 Å². The van der Waals surface area contributed by atoms with Crippen LogP contribution in [-0.4, -0.2) is 110 Å². The van der Waals surface area contributed by atoms with Crippen LogP contribution in [0.5, 0.6) is 0 Å². The minimum atomic E-state index is -1.62. The van der Waals surface area contributed by atoms with E-state index in [0.29, 0.717) is 0 Å². The third kappa shape index (κ3) is 10.7. The minimum absolute atomic E-state index is 0.451. The van der Waals surface area contributed by atoms with Crippen molar-refractivity contribution in [1.29, 1.82) is 0 Å². The number of rotatable bonds is 11. The average molecular weight is 635 g/mol. The summed E-state index contributed by atoms with van der Waals surface area (Å²) in [6.07, 6.45) is -12.5. The van der Waals surface area contributed by atoms with E-state index in [4.69, 9.17) is 47.4 Å². The van der Waals surface area contributed by atoms with Gasteiger partial charge in [-0.15, -0.1) is 0 Å². The van der Waals surface area contributed by atoms with Crippen LogP contribution in [0, 0.1) is 5.92 Å². The predicted molar refractivity (Wildman–Crippen MR) is 139 cm³/mol. The average Bonchev–Trinajstić information content (AvgIpc) is 2.87. The fraction of sp³-hybridized carbons (Fsp3) is 0.741. The van der Waals surface area contributed by atoms with Gasteiger partial charge in [-0.3, -0.25) is 33.6 Å². The van der Waals surface area contributed by atoms with E-state index in [1.807, 2.05) is 0 Å². The van der Waals surface area contributed by atoms with Crippen molar-refractivity contribution in [1.82, 2.24) is 0 Å². The van der Waals surface area contributed by atoms with Crippen molar-refractivity contribution in [3.05, 3.63) is 0 Å². The summed E-state index contributed by atoms with van der Waals surface area (Å²) in [5.74, 6) is -6.34. The maximum Gasteiger partial charge on any atom is 0.305 e. The molecule has 0 bridgehead atoms. The van der Waals surface area contributed by atoms with Crippen molar-refractivity contribution in [2.45, 2.75) is 111 Å². The maximum absolute atomic E-state index is 12.2. The van der Waals surface area contributed by atoms with Crippen LogP contribution in [0.3, 0.4) is 0 Å². The summed E-state index contributed by atoms with van der Waals surface area (Å²) in [7, 11) is 0. The molecule has 2 heterocycles. The van der Waals surface area contributed by atoms with Gasteiger partial charge in [-0.2, -0.15) is 0 Å². The largest absolute Gasteiger partial charge is 0.463 e. The molecule has 0 radical (unpaired) electrons. The molecular formula is C27H38O17. The summed E-state index contributed by atoms with van der Waals surface area (Å²) in [6, 6.07) is 0. The van der Waals surface area contributed by atoms with Crippen molar-refractivity contribution in [3.8, 4) is 0 Å². The monoisotopic (exact) mass is 634 g/mol. The highest BCUT2D eigenvalue weighted by Gasteiger charge is 2.56. The summed E-state index contributed by atoms with van der Waals surface area (Å²) in [4.78, 5) is 83.4. The molecule has 2 aliphatic heterocycles. The van der Waals surface area contributed by atoms with Crippen LogP contribution < -0.4 is 0 Å². The van der Waals surface area contributed by atoms with Crippen molar-refractivity contribution in [2.24, 2.45) is 5.92 Å². The molecule has 0 aromatic heterocycles. The van der Waals surface area contributed by atoms with E-state index in [9.17, 15) is 33.6 Å². The zero-order valence-corrected chi connectivity index (χ0v) is 25.6. The van der Waals surface area contributed by atoms with Gasteiger partial charge in [0.25, 0.3) is 0 Å². The van der Waals surface area contributed by atoms with Crippen molar-refractivity contribution in [2.75, 3.05) is 13.2 Å². The lowest BCUT2D eigenvalue weighted by Gasteiger charge is -2.48. The van der Waals surface area contributed by atoms with Gasteiger partial charge in [-0.25, -0.2) is 0 Å². The van der Waals surface area contributed by atoms with Gasteiger partial charge in [0.05, 0.1) is 0 Å². The molecule has 2 rings (SSSR count). The number of hydrogen-bond donors (Lipinski definition) is 0. The quantitative estimate of drug-likeness (QED) is 0.214. The lowest BCUT2D eigenvalue weighted by molar-refractivity contribution is -0.349. The van der Waals surface area contributed by atoms with Gasteiger partial charge < -0.3 is 47.4 Å². The first-order valence-corrected chi connectivity index (χ1v) is 13.6. The summed E-state index contributed by atoms with van der Waals surface area (Å²) < 4.78 is 55.2. The Labute approximate surface area is 252 Å². The van der Waals surface area contributed by atoms with E-state index in [0.717, 1.165) is 48.5 Å². The Morgan fingerprint density at radius 1 is 0.455 bits per heavy atom. The molecule has 10 atom stereocenters. The molecule has 2 fully saturated rings. The van der Waals surface area contributed by atoms with Crippen LogP contribution in [-0.2, 0) is 80.9 Å². The number of hydrogen-bond acceptors (Lipinski definition) is 17. The van der Waals surface area contributed by atoms with Crippen LogP contribution in [0.4, 0.5) is 0 Å².